The number of carbonyl (C=O) groups excluding carboxylic acids is 2. The lowest BCUT2D eigenvalue weighted by molar-refractivity contribution is -0.120. The summed E-state index contributed by atoms with van der Waals surface area (Å²) in [4.78, 5) is 40.1. The Kier molecular flexibility index (Phi) is 5.63. The summed E-state index contributed by atoms with van der Waals surface area (Å²) in [6.07, 6.45) is 5.06. The van der Waals surface area contributed by atoms with Gasteiger partial charge in [-0.3, -0.25) is 14.5 Å². The molecule has 9 heteroatoms. The number of ether oxygens (including phenoxy) is 2. The number of hydrogen-bond acceptors (Lipinski definition) is 7. The van der Waals surface area contributed by atoms with Crippen LogP contribution < -0.4 is 15.0 Å². The van der Waals surface area contributed by atoms with Crippen LogP contribution in [0, 0.1) is 13.8 Å². The van der Waals surface area contributed by atoms with Crippen LogP contribution in [-0.4, -0.2) is 59.7 Å². The standard InChI is InChI=1S/C21H25N5O4/c1-12-8-16-19(23-9-12)26(3)21(28)15(11-30-16)24-20(27)18-22-10-13(2)17(25-18)14-4-6-29-7-5-14/h8-10,14-15H,4-7,11H2,1-3H3,(H,24,27)/t15-/m0/s1. The second kappa shape index (κ2) is 8.35. The van der Waals surface area contributed by atoms with Gasteiger partial charge in [0.25, 0.3) is 11.8 Å². The van der Waals surface area contributed by atoms with Crippen molar-refractivity contribution in [1.82, 2.24) is 20.3 Å². The van der Waals surface area contributed by atoms with E-state index in [2.05, 4.69) is 20.3 Å². The highest BCUT2D eigenvalue weighted by atomic mass is 16.5. The molecule has 0 unspecified atom stereocenters. The summed E-state index contributed by atoms with van der Waals surface area (Å²) in [5.74, 6) is 0.412. The van der Waals surface area contributed by atoms with Gasteiger partial charge in [-0.05, 0) is 43.9 Å². The molecule has 0 spiro atoms. The number of aryl methyl sites for hydroxylation is 2. The normalized spacial score (nSPS) is 19.6. The van der Waals surface area contributed by atoms with Gasteiger partial charge in [-0.2, -0.15) is 0 Å². The summed E-state index contributed by atoms with van der Waals surface area (Å²) in [5, 5.41) is 2.72. The van der Waals surface area contributed by atoms with E-state index < -0.39 is 11.9 Å². The van der Waals surface area contributed by atoms with E-state index in [1.54, 1.807) is 19.4 Å². The molecule has 2 aliphatic rings. The van der Waals surface area contributed by atoms with Crippen molar-refractivity contribution in [2.45, 2.75) is 38.6 Å². The van der Waals surface area contributed by atoms with Crippen LogP contribution in [0.25, 0.3) is 0 Å². The van der Waals surface area contributed by atoms with Gasteiger partial charge in [0.1, 0.15) is 12.6 Å². The van der Waals surface area contributed by atoms with E-state index in [-0.39, 0.29) is 24.3 Å². The van der Waals surface area contributed by atoms with Crippen molar-refractivity contribution in [3.8, 4) is 5.75 Å². The first-order valence-electron chi connectivity index (χ1n) is 10.0. The Bertz CT molecular complexity index is 974. The zero-order chi connectivity index (χ0) is 21.3. The highest BCUT2D eigenvalue weighted by molar-refractivity contribution is 6.01. The van der Waals surface area contributed by atoms with E-state index >= 15 is 0 Å². The SMILES string of the molecule is Cc1cnc2c(c1)OC[C@H](NC(=O)c1ncc(C)c(C3CCOCC3)n1)C(=O)N2C. The Morgan fingerprint density at radius 2 is 1.97 bits per heavy atom. The molecule has 1 N–H and O–H groups in total. The Labute approximate surface area is 174 Å². The zero-order valence-corrected chi connectivity index (χ0v) is 17.3. The van der Waals surface area contributed by atoms with Crippen molar-refractivity contribution >= 4 is 17.6 Å². The van der Waals surface area contributed by atoms with E-state index in [4.69, 9.17) is 9.47 Å². The maximum Gasteiger partial charge on any atom is 0.289 e. The van der Waals surface area contributed by atoms with Gasteiger partial charge in [0, 0.05) is 38.6 Å². The average molecular weight is 411 g/mol. The first kappa shape index (κ1) is 20.2. The lowest BCUT2D eigenvalue weighted by Gasteiger charge is -2.23. The predicted molar refractivity (Wildman–Crippen MR) is 109 cm³/mol. The number of hydrogen-bond donors (Lipinski definition) is 1. The van der Waals surface area contributed by atoms with Crippen molar-refractivity contribution in [2.24, 2.45) is 0 Å². The lowest BCUT2D eigenvalue weighted by Crippen LogP contribution is -2.49. The summed E-state index contributed by atoms with van der Waals surface area (Å²) in [6, 6.07) is 0.952. The molecular formula is C21H25N5O4. The van der Waals surface area contributed by atoms with Crippen LogP contribution in [-0.2, 0) is 9.53 Å². The maximum absolute atomic E-state index is 12.9. The molecule has 9 nitrogen and oxygen atoms in total. The molecule has 2 aliphatic heterocycles. The third-order valence-electron chi connectivity index (χ3n) is 5.45. The molecule has 1 atom stereocenters. The molecule has 0 radical (unpaired) electrons. The fourth-order valence-electron chi connectivity index (χ4n) is 3.75. The molecule has 4 heterocycles. The van der Waals surface area contributed by atoms with Gasteiger partial charge in [-0.25, -0.2) is 15.0 Å². The van der Waals surface area contributed by atoms with Crippen LogP contribution in [0.3, 0.4) is 0 Å². The van der Waals surface area contributed by atoms with E-state index in [0.717, 1.165) is 29.7 Å². The van der Waals surface area contributed by atoms with E-state index in [0.29, 0.717) is 24.8 Å². The number of likely N-dealkylation sites (N-methyl/N-ethyl adjacent to an activating group) is 1. The largest absolute Gasteiger partial charge is 0.487 e. The third kappa shape index (κ3) is 3.97. The first-order chi connectivity index (χ1) is 14.4. The summed E-state index contributed by atoms with van der Waals surface area (Å²) in [7, 11) is 1.61. The number of fused-ring (bicyclic) bond motifs is 1. The predicted octanol–water partition coefficient (Wildman–Crippen LogP) is 1.54. The van der Waals surface area contributed by atoms with Crippen molar-refractivity contribution in [3.63, 3.8) is 0 Å². The maximum atomic E-state index is 12.9. The monoisotopic (exact) mass is 411 g/mol. The number of rotatable bonds is 3. The molecule has 0 bridgehead atoms. The molecule has 1 saturated heterocycles. The van der Waals surface area contributed by atoms with Gasteiger partial charge in [0.2, 0.25) is 5.82 Å². The lowest BCUT2D eigenvalue weighted by atomic mass is 9.94. The van der Waals surface area contributed by atoms with Crippen LogP contribution in [0.2, 0.25) is 0 Å². The number of carbonyl (C=O) groups is 2. The number of amides is 2. The van der Waals surface area contributed by atoms with Gasteiger partial charge in [0.15, 0.2) is 11.6 Å². The molecule has 2 aromatic rings. The van der Waals surface area contributed by atoms with Crippen molar-refractivity contribution < 1.29 is 19.1 Å². The summed E-state index contributed by atoms with van der Waals surface area (Å²) in [6.45, 7) is 5.21. The Morgan fingerprint density at radius 3 is 2.73 bits per heavy atom. The highest BCUT2D eigenvalue weighted by Crippen LogP contribution is 2.29. The molecular weight excluding hydrogens is 386 g/mol. The smallest absolute Gasteiger partial charge is 0.289 e. The Hall–Kier alpha value is -3.07. The number of nitrogens with zero attached hydrogens (tertiary/aromatic N) is 4. The fourth-order valence-corrected chi connectivity index (χ4v) is 3.75. The molecule has 0 aromatic carbocycles. The summed E-state index contributed by atoms with van der Waals surface area (Å²) < 4.78 is 11.2. The van der Waals surface area contributed by atoms with Crippen LogP contribution >= 0.6 is 0 Å². The molecule has 4 rings (SSSR count). The number of aromatic nitrogens is 3. The van der Waals surface area contributed by atoms with Crippen LogP contribution in [0.5, 0.6) is 5.75 Å². The topological polar surface area (TPSA) is 107 Å². The fraction of sp³-hybridized carbons (Fsp3) is 0.476. The van der Waals surface area contributed by atoms with Gasteiger partial charge in [0.05, 0.1) is 5.69 Å². The molecule has 30 heavy (non-hydrogen) atoms. The van der Waals surface area contributed by atoms with E-state index in [9.17, 15) is 9.59 Å². The minimum atomic E-state index is -0.867. The van der Waals surface area contributed by atoms with Crippen LogP contribution in [0.15, 0.2) is 18.5 Å². The number of pyridine rings is 1. The quantitative estimate of drug-likeness (QED) is 0.816. The van der Waals surface area contributed by atoms with Gasteiger partial charge in [-0.15, -0.1) is 0 Å². The number of anilines is 1. The van der Waals surface area contributed by atoms with E-state index in [1.165, 1.54) is 4.90 Å². The third-order valence-corrected chi connectivity index (χ3v) is 5.45. The molecule has 0 saturated carbocycles. The number of nitrogens with one attached hydrogen (secondary N) is 1. The first-order valence-corrected chi connectivity index (χ1v) is 10.0. The Balaban J connectivity index is 1.52. The van der Waals surface area contributed by atoms with Gasteiger partial charge < -0.3 is 14.8 Å². The second-order valence-electron chi connectivity index (χ2n) is 7.72. The minimum absolute atomic E-state index is 0.00568. The second-order valence-corrected chi connectivity index (χ2v) is 7.72. The van der Waals surface area contributed by atoms with Gasteiger partial charge >= 0.3 is 0 Å². The highest BCUT2D eigenvalue weighted by Gasteiger charge is 2.32. The van der Waals surface area contributed by atoms with Crippen molar-refractivity contribution in [1.29, 1.82) is 0 Å². The van der Waals surface area contributed by atoms with Crippen molar-refractivity contribution in [3.05, 3.63) is 41.1 Å². The molecule has 2 aromatic heterocycles. The van der Waals surface area contributed by atoms with Gasteiger partial charge in [-0.1, -0.05) is 0 Å². The summed E-state index contributed by atoms with van der Waals surface area (Å²) >= 11 is 0. The summed E-state index contributed by atoms with van der Waals surface area (Å²) in [5.41, 5.74) is 2.74. The molecule has 0 aliphatic carbocycles. The molecule has 2 amide bonds. The molecule has 1 fully saturated rings. The zero-order valence-electron chi connectivity index (χ0n) is 17.3. The molecule has 158 valence electrons. The van der Waals surface area contributed by atoms with Crippen molar-refractivity contribution in [2.75, 3.05) is 31.8 Å². The minimum Gasteiger partial charge on any atom is -0.487 e. The average Bonchev–Trinajstić information content (AvgIpc) is 2.86. The van der Waals surface area contributed by atoms with Crippen LogP contribution in [0.4, 0.5) is 5.82 Å². The van der Waals surface area contributed by atoms with Crippen LogP contribution in [0.1, 0.15) is 46.2 Å². The Morgan fingerprint density at radius 1 is 1.20 bits per heavy atom. The van der Waals surface area contributed by atoms with E-state index in [1.807, 2.05) is 19.9 Å².